The summed E-state index contributed by atoms with van der Waals surface area (Å²) in [5.74, 6) is 0.227. The van der Waals surface area contributed by atoms with Crippen LogP contribution in [0.15, 0.2) is 63.5 Å². The summed E-state index contributed by atoms with van der Waals surface area (Å²) in [4.78, 5) is 48.5. The highest BCUT2D eigenvalue weighted by molar-refractivity contribution is 7.07. The summed E-state index contributed by atoms with van der Waals surface area (Å²) in [6, 6.07) is 12.3. The molecule has 0 spiro atoms. The summed E-state index contributed by atoms with van der Waals surface area (Å²) in [6.45, 7) is 5.71. The van der Waals surface area contributed by atoms with Gasteiger partial charge in [0.1, 0.15) is 0 Å². The quantitative estimate of drug-likeness (QED) is 0.335. The molecule has 12 heteroatoms. The third kappa shape index (κ3) is 6.41. The van der Waals surface area contributed by atoms with E-state index in [0.717, 1.165) is 11.3 Å². The molecule has 232 valence electrons. The molecule has 0 saturated carbocycles. The van der Waals surface area contributed by atoms with Gasteiger partial charge in [-0.3, -0.25) is 14.2 Å². The first-order valence-electron chi connectivity index (χ1n) is 14.3. The second-order valence-corrected chi connectivity index (χ2v) is 11.5. The van der Waals surface area contributed by atoms with Crippen molar-refractivity contribution in [3.05, 3.63) is 84.5 Å². The van der Waals surface area contributed by atoms with Crippen molar-refractivity contribution >= 4 is 35.0 Å². The van der Waals surface area contributed by atoms with Crippen LogP contribution < -0.4 is 29.3 Å². The lowest BCUT2D eigenvalue weighted by Gasteiger charge is -2.26. The van der Waals surface area contributed by atoms with E-state index in [-0.39, 0.29) is 24.7 Å². The highest BCUT2D eigenvalue weighted by atomic mass is 32.1. The molecule has 0 radical (unpaired) electrons. The number of nitrogens with zero attached hydrogens (tertiary/aromatic N) is 4. The first-order valence-corrected chi connectivity index (χ1v) is 15.2. The minimum absolute atomic E-state index is 0.119. The minimum atomic E-state index is -0.696. The zero-order chi connectivity index (χ0) is 31.4. The van der Waals surface area contributed by atoms with Crippen molar-refractivity contribution in [2.24, 2.45) is 4.99 Å². The molecule has 2 aromatic carbocycles. The molecule has 2 aliphatic heterocycles. The van der Waals surface area contributed by atoms with Crippen molar-refractivity contribution in [1.29, 1.82) is 0 Å². The average Bonchev–Trinajstić information content (AvgIpc) is 3.33. The first kappa shape index (κ1) is 31.0. The van der Waals surface area contributed by atoms with Crippen LogP contribution in [0.2, 0.25) is 0 Å². The van der Waals surface area contributed by atoms with Crippen LogP contribution in [0.5, 0.6) is 11.5 Å². The van der Waals surface area contributed by atoms with Crippen molar-refractivity contribution in [2.45, 2.75) is 19.9 Å². The summed E-state index contributed by atoms with van der Waals surface area (Å²) in [7, 11) is 5.42. The molecular weight excluding hydrogens is 584 g/mol. The van der Waals surface area contributed by atoms with Crippen molar-refractivity contribution in [1.82, 2.24) is 9.47 Å². The van der Waals surface area contributed by atoms with Crippen LogP contribution in [0.4, 0.5) is 5.69 Å². The number of fused-ring (bicyclic) bond motifs is 1. The van der Waals surface area contributed by atoms with E-state index in [9.17, 15) is 14.4 Å². The number of methoxy groups -OCH3 is 1. The fraction of sp³-hybridized carbons (Fsp3) is 0.375. The number of benzene rings is 2. The van der Waals surface area contributed by atoms with Gasteiger partial charge in [0, 0.05) is 32.9 Å². The van der Waals surface area contributed by atoms with E-state index in [1.807, 2.05) is 43.3 Å². The minimum Gasteiger partial charge on any atom is -0.493 e. The Labute approximate surface area is 259 Å². The molecule has 1 atom stereocenters. The Balaban J connectivity index is 1.49. The van der Waals surface area contributed by atoms with Crippen molar-refractivity contribution in [3.8, 4) is 11.5 Å². The van der Waals surface area contributed by atoms with Gasteiger partial charge in [0.25, 0.3) is 11.5 Å². The van der Waals surface area contributed by atoms with E-state index in [1.54, 1.807) is 47.6 Å². The molecule has 0 N–H and O–H groups in total. The number of ether oxygens (including phenoxy) is 4. The average molecular weight is 621 g/mol. The van der Waals surface area contributed by atoms with Gasteiger partial charge in [-0.25, -0.2) is 9.79 Å². The van der Waals surface area contributed by atoms with Crippen LogP contribution >= 0.6 is 11.3 Å². The summed E-state index contributed by atoms with van der Waals surface area (Å²) in [5.41, 5.74) is 3.03. The highest BCUT2D eigenvalue weighted by Crippen LogP contribution is 2.32. The van der Waals surface area contributed by atoms with Gasteiger partial charge in [-0.2, -0.15) is 0 Å². The number of aromatic nitrogens is 1. The van der Waals surface area contributed by atoms with Gasteiger partial charge < -0.3 is 28.7 Å². The summed E-state index contributed by atoms with van der Waals surface area (Å²) in [5, 5.41) is 0. The number of morpholine rings is 1. The number of allylic oxidation sites excluding steroid dienone is 1. The monoisotopic (exact) mass is 620 g/mol. The molecule has 3 heterocycles. The molecule has 1 aromatic heterocycles. The lowest BCUT2D eigenvalue weighted by molar-refractivity contribution is -0.139. The number of rotatable bonds is 9. The standard InChI is InChI=1S/C32H36N4O7S/c1-6-42-31(39)28-20(2)33-32-36(29(28)22-8-10-23(11-9-22)34(3)4)30(38)26(44-32)18-21-7-12-24(25(17-21)40-5)43-19-27(37)35-13-15-41-16-14-35/h7-12,17-18,29H,6,13-16,19H2,1-5H3/b26-18+/t29-/m1/s1. The third-order valence-electron chi connectivity index (χ3n) is 7.44. The molecule has 1 amide bonds. The van der Waals surface area contributed by atoms with Gasteiger partial charge in [-0.15, -0.1) is 0 Å². The topological polar surface area (TPSA) is 112 Å². The zero-order valence-corrected chi connectivity index (χ0v) is 26.3. The van der Waals surface area contributed by atoms with E-state index in [0.29, 0.717) is 64.0 Å². The molecule has 1 fully saturated rings. The van der Waals surface area contributed by atoms with E-state index >= 15 is 0 Å². The van der Waals surface area contributed by atoms with Gasteiger partial charge in [0.15, 0.2) is 22.9 Å². The van der Waals surface area contributed by atoms with Crippen LogP contribution in [-0.2, 0) is 19.1 Å². The Morgan fingerprint density at radius 2 is 1.84 bits per heavy atom. The van der Waals surface area contributed by atoms with Crippen molar-refractivity contribution < 1.29 is 28.5 Å². The lowest BCUT2D eigenvalue weighted by Crippen LogP contribution is -2.43. The number of carbonyl (C=O) groups is 2. The molecule has 44 heavy (non-hydrogen) atoms. The second-order valence-electron chi connectivity index (χ2n) is 10.5. The molecule has 0 bridgehead atoms. The van der Waals surface area contributed by atoms with Gasteiger partial charge in [0.05, 0.1) is 48.8 Å². The molecular formula is C32H36N4O7S. The van der Waals surface area contributed by atoms with E-state index in [2.05, 4.69) is 4.99 Å². The number of hydrogen-bond acceptors (Lipinski definition) is 10. The van der Waals surface area contributed by atoms with E-state index < -0.39 is 12.0 Å². The number of anilines is 1. The van der Waals surface area contributed by atoms with Gasteiger partial charge in [-0.05, 0) is 55.3 Å². The lowest BCUT2D eigenvalue weighted by atomic mass is 9.95. The molecule has 3 aromatic rings. The normalized spacial score (nSPS) is 16.7. The Morgan fingerprint density at radius 3 is 2.50 bits per heavy atom. The van der Waals surface area contributed by atoms with Crippen molar-refractivity contribution in [2.75, 3.05) is 65.6 Å². The molecule has 0 aliphatic carbocycles. The van der Waals surface area contributed by atoms with Gasteiger partial charge >= 0.3 is 5.97 Å². The smallest absolute Gasteiger partial charge is 0.338 e. The number of thiazole rings is 1. The van der Waals surface area contributed by atoms with Crippen LogP contribution in [-0.4, -0.2) is 82.1 Å². The molecule has 2 aliphatic rings. The summed E-state index contributed by atoms with van der Waals surface area (Å²) >= 11 is 1.24. The predicted octanol–water partition coefficient (Wildman–Crippen LogP) is 2.11. The van der Waals surface area contributed by atoms with Gasteiger partial charge in [-0.1, -0.05) is 29.5 Å². The third-order valence-corrected chi connectivity index (χ3v) is 8.43. The molecule has 0 unspecified atom stereocenters. The fourth-order valence-electron chi connectivity index (χ4n) is 5.15. The van der Waals surface area contributed by atoms with Crippen LogP contribution in [0.25, 0.3) is 6.08 Å². The maximum atomic E-state index is 14.0. The summed E-state index contributed by atoms with van der Waals surface area (Å²) in [6.07, 6.45) is 1.75. The Morgan fingerprint density at radius 1 is 1.11 bits per heavy atom. The van der Waals surface area contributed by atoms with Crippen LogP contribution in [0.3, 0.4) is 0 Å². The molecule has 1 saturated heterocycles. The largest absolute Gasteiger partial charge is 0.493 e. The zero-order valence-electron chi connectivity index (χ0n) is 25.5. The predicted molar refractivity (Wildman–Crippen MR) is 167 cm³/mol. The Kier molecular flexibility index (Phi) is 9.50. The summed E-state index contributed by atoms with van der Waals surface area (Å²) < 4.78 is 24.0. The molecule has 11 nitrogen and oxygen atoms in total. The number of carbonyl (C=O) groups excluding carboxylic acids is 2. The fourth-order valence-corrected chi connectivity index (χ4v) is 6.20. The second kappa shape index (κ2) is 13.5. The maximum Gasteiger partial charge on any atom is 0.338 e. The maximum absolute atomic E-state index is 14.0. The van der Waals surface area contributed by atoms with Crippen LogP contribution in [0.1, 0.15) is 31.0 Å². The SMILES string of the molecule is CCOC(=O)C1=C(C)N=c2s/c(=C/c3ccc(OCC(=O)N4CCOCC4)c(OC)c3)c(=O)n2[C@@H]1c1ccc(N(C)C)cc1. The van der Waals surface area contributed by atoms with Gasteiger partial charge in [0.2, 0.25) is 0 Å². The van der Waals surface area contributed by atoms with E-state index in [4.69, 9.17) is 18.9 Å². The Hall–Kier alpha value is -4.42. The Bertz CT molecular complexity index is 1750. The number of amides is 1. The van der Waals surface area contributed by atoms with Crippen molar-refractivity contribution in [3.63, 3.8) is 0 Å². The first-order chi connectivity index (χ1) is 21.2. The molecule has 5 rings (SSSR count). The number of hydrogen-bond donors (Lipinski definition) is 0. The number of esters is 1. The highest BCUT2D eigenvalue weighted by Gasteiger charge is 2.33. The van der Waals surface area contributed by atoms with E-state index in [1.165, 1.54) is 18.4 Å². The van der Waals surface area contributed by atoms with Crippen LogP contribution in [0, 0.1) is 0 Å².